The van der Waals surface area contributed by atoms with Gasteiger partial charge in [0.2, 0.25) is 0 Å². The van der Waals surface area contributed by atoms with Crippen molar-refractivity contribution in [1.82, 2.24) is 9.13 Å². The summed E-state index contributed by atoms with van der Waals surface area (Å²) in [4.78, 5) is 37.6. The number of alkyl halides is 3. The Morgan fingerprint density at radius 3 is 2.16 bits per heavy atom. The fourth-order valence-corrected chi connectivity index (χ4v) is 4.65. The van der Waals surface area contributed by atoms with Crippen LogP contribution in [-0.4, -0.2) is 20.2 Å². The quantitative estimate of drug-likeness (QED) is 0.468. The van der Waals surface area contributed by atoms with Gasteiger partial charge < -0.3 is 0 Å². The standard InChI is InChI=1S/C20H21ClF4N2O3S/c1-9-15(20(23,24)25)26(6)18(30)27(17(9)29)13-8-14(11(21)7-12(13)22)31-16(10(2)28)19(3,4)5/h7-8,16H,1-6H3. The Labute approximate surface area is 185 Å². The van der Waals surface area contributed by atoms with E-state index in [1.54, 1.807) is 0 Å². The molecule has 0 aliphatic heterocycles. The molecule has 0 amide bonds. The monoisotopic (exact) mass is 480 g/mol. The zero-order valence-electron chi connectivity index (χ0n) is 17.6. The van der Waals surface area contributed by atoms with Crippen LogP contribution in [0.25, 0.3) is 5.69 Å². The molecule has 2 rings (SSSR count). The maximum atomic E-state index is 14.7. The summed E-state index contributed by atoms with van der Waals surface area (Å²) in [7, 11) is 0.850. The van der Waals surface area contributed by atoms with Gasteiger partial charge in [-0.05, 0) is 31.4 Å². The molecule has 1 aromatic heterocycles. The highest BCUT2D eigenvalue weighted by Gasteiger charge is 2.38. The lowest BCUT2D eigenvalue weighted by Gasteiger charge is -2.28. The van der Waals surface area contributed by atoms with Crippen molar-refractivity contribution in [3.05, 3.63) is 55.1 Å². The van der Waals surface area contributed by atoms with E-state index in [4.69, 9.17) is 11.6 Å². The van der Waals surface area contributed by atoms with Gasteiger partial charge in [0, 0.05) is 17.5 Å². The van der Waals surface area contributed by atoms with Gasteiger partial charge in [0.25, 0.3) is 5.56 Å². The van der Waals surface area contributed by atoms with Crippen molar-refractivity contribution >= 4 is 29.1 Å². The van der Waals surface area contributed by atoms with E-state index in [0.717, 1.165) is 37.9 Å². The first kappa shape index (κ1) is 25.2. The van der Waals surface area contributed by atoms with Crippen molar-refractivity contribution in [2.24, 2.45) is 12.5 Å². The van der Waals surface area contributed by atoms with Crippen molar-refractivity contribution in [2.45, 2.75) is 50.9 Å². The SMILES string of the molecule is CC(=O)C(Sc1cc(-n2c(=O)c(C)c(C(F)(F)F)n(C)c2=O)c(F)cc1Cl)C(C)(C)C. The maximum absolute atomic E-state index is 14.7. The normalized spacial score (nSPS) is 13.4. The molecule has 0 aliphatic rings. The molecule has 170 valence electrons. The van der Waals surface area contributed by atoms with Gasteiger partial charge in [-0.3, -0.25) is 14.2 Å². The molecular weight excluding hydrogens is 460 g/mol. The Kier molecular flexibility index (Phi) is 6.88. The summed E-state index contributed by atoms with van der Waals surface area (Å²) in [6, 6.07) is 1.96. The largest absolute Gasteiger partial charge is 0.432 e. The second kappa shape index (κ2) is 8.46. The zero-order chi connectivity index (χ0) is 24.0. The number of benzene rings is 1. The fraction of sp³-hybridized carbons (Fsp3) is 0.450. The molecule has 1 atom stereocenters. The third kappa shape index (κ3) is 4.90. The highest BCUT2D eigenvalue weighted by molar-refractivity contribution is 8.00. The average Bonchev–Trinajstić information content (AvgIpc) is 2.58. The molecule has 0 N–H and O–H groups in total. The van der Waals surface area contributed by atoms with Crippen LogP contribution in [0.4, 0.5) is 17.6 Å². The lowest BCUT2D eigenvalue weighted by molar-refractivity contribution is -0.144. The number of Topliss-reactive ketones (excluding diaryl/α,β-unsaturated/α-hetero) is 1. The first-order valence-corrected chi connectivity index (χ1v) is 10.3. The number of halogens is 5. The smallest absolute Gasteiger partial charge is 0.299 e. The van der Waals surface area contributed by atoms with Gasteiger partial charge in [0.1, 0.15) is 17.3 Å². The second-order valence-electron chi connectivity index (χ2n) is 8.16. The fourth-order valence-electron chi connectivity index (χ4n) is 3.24. The third-order valence-corrected chi connectivity index (χ3v) is 6.90. The molecule has 0 saturated heterocycles. The molecule has 0 saturated carbocycles. The Morgan fingerprint density at radius 1 is 1.16 bits per heavy atom. The number of rotatable bonds is 4. The Hall–Kier alpha value is -2.07. The summed E-state index contributed by atoms with van der Waals surface area (Å²) in [6.07, 6.45) is -4.95. The zero-order valence-corrected chi connectivity index (χ0v) is 19.2. The molecule has 2 aromatic rings. The van der Waals surface area contributed by atoms with Gasteiger partial charge in [0.15, 0.2) is 0 Å². The van der Waals surface area contributed by atoms with Crippen molar-refractivity contribution in [3.63, 3.8) is 0 Å². The summed E-state index contributed by atoms with van der Waals surface area (Å²) >= 11 is 7.15. The molecule has 1 heterocycles. The van der Waals surface area contributed by atoms with Crippen LogP contribution < -0.4 is 11.2 Å². The van der Waals surface area contributed by atoms with Gasteiger partial charge >= 0.3 is 11.9 Å². The highest BCUT2D eigenvalue weighted by atomic mass is 35.5. The molecule has 1 unspecified atom stereocenters. The van der Waals surface area contributed by atoms with E-state index in [-0.39, 0.29) is 20.3 Å². The summed E-state index contributed by atoms with van der Waals surface area (Å²) in [5.41, 5.74) is -5.87. The van der Waals surface area contributed by atoms with Gasteiger partial charge in [0.05, 0.1) is 16.0 Å². The van der Waals surface area contributed by atoms with Crippen LogP contribution >= 0.6 is 23.4 Å². The molecule has 5 nitrogen and oxygen atoms in total. The summed E-state index contributed by atoms with van der Waals surface area (Å²) in [6.45, 7) is 7.77. The van der Waals surface area contributed by atoms with Crippen molar-refractivity contribution in [3.8, 4) is 5.69 Å². The van der Waals surface area contributed by atoms with Crippen LogP contribution in [0.2, 0.25) is 5.02 Å². The summed E-state index contributed by atoms with van der Waals surface area (Å²) < 4.78 is 55.2. The minimum atomic E-state index is -4.95. The van der Waals surface area contributed by atoms with E-state index in [0.29, 0.717) is 4.57 Å². The topological polar surface area (TPSA) is 61.1 Å². The molecular formula is C20H21ClF4N2O3S. The van der Waals surface area contributed by atoms with Gasteiger partial charge in [-0.15, -0.1) is 11.8 Å². The third-order valence-electron chi connectivity index (χ3n) is 4.60. The van der Waals surface area contributed by atoms with Crippen LogP contribution in [0, 0.1) is 18.2 Å². The average molecular weight is 481 g/mol. The number of aromatic nitrogens is 2. The highest BCUT2D eigenvalue weighted by Crippen LogP contribution is 2.40. The van der Waals surface area contributed by atoms with E-state index >= 15 is 0 Å². The predicted octanol–water partition coefficient (Wildman–Crippen LogP) is 4.75. The molecule has 0 aliphatic carbocycles. The van der Waals surface area contributed by atoms with Gasteiger partial charge in [-0.2, -0.15) is 13.2 Å². The Bertz CT molecular complexity index is 1130. The molecule has 1 aromatic carbocycles. The van der Waals surface area contributed by atoms with Crippen LogP contribution in [0.1, 0.15) is 39.0 Å². The Balaban J connectivity index is 2.80. The minimum Gasteiger partial charge on any atom is -0.299 e. The van der Waals surface area contributed by atoms with Crippen molar-refractivity contribution in [2.75, 3.05) is 0 Å². The van der Waals surface area contributed by atoms with Crippen LogP contribution in [-0.2, 0) is 18.0 Å². The number of thioether (sulfide) groups is 1. The first-order chi connectivity index (χ1) is 14.0. The number of hydrogen-bond donors (Lipinski definition) is 0. The van der Waals surface area contributed by atoms with E-state index in [9.17, 15) is 31.9 Å². The van der Waals surface area contributed by atoms with E-state index in [1.807, 2.05) is 20.8 Å². The number of hydrogen-bond acceptors (Lipinski definition) is 4. The van der Waals surface area contributed by atoms with Gasteiger partial charge in [-0.1, -0.05) is 32.4 Å². The van der Waals surface area contributed by atoms with Crippen molar-refractivity contribution in [1.29, 1.82) is 0 Å². The number of carbonyl (C=O) groups is 1. The lowest BCUT2D eigenvalue weighted by atomic mass is 9.90. The summed E-state index contributed by atoms with van der Waals surface area (Å²) in [5, 5.41) is -0.646. The summed E-state index contributed by atoms with van der Waals surface area (Å²) in [5.74, 6) is -1.24. The molecule has 11 heteroatoms. The molecule has 0 bridgehead atoms. The van der Waals surface area contributed by atoms with Gasteiger partial charge in [-0.25, -0.2) is 13.8 Å². The van der Waals surface area contributed by atoms with E-state index in [1.165, 1.54) is 6.92 Å². The van der Waals surface area contributed by atoms with E-state index in [2.05, 4.69) is 0 Å². The molecule has 31 heavy (non-hydrogen) atoms. The van der Waals surface area contributed by atoms with Crippen LogP contribution in [0.15, 0.2) is 26.6 Å². The predicted molar refractivity (Wildman–Crippen MR) is 112 cm³/mol. The maximum Gasteiger partial charge on any atom is 0.432 e. The molecule has 0 radical (unpaired) electrons. The number of nitrogens with zero attached hydrogens (tertiary/aromatic N) is 2. The first-order valence-electron chi connectivity index (χ1n) is 9.04. The lowest BCUT2D eigenvalue weighted by Crippen LogP contribution is -2.43. The van der Waals surface area contributed by atoms with Crippen LogP contribution in [0.5, 0.6) is 0 Å². The second-order valence-corrected chi connectivity index (χ2v) is 9.72. The van der Waals surface area contributed by atoms with E-state index < -0.39 is 50.9 Å². The van der Waals surface area contributed by atoms with Crippen LogP contribution in [0.3, 0.4) is 0 Å². The van der Waals surface area contributed by atoms with Crippen molar-refractivity contribution < 1.29 is 22.4 Å². The molecule has 0 fully saturated rings. The molecule has 0 spiro atoms. The number of ketones is 1. The Morgan fingerprint density at radius 2 is 1.71 bits per heavy atom. The minimum absolute atomic E-state index is 0.0599. The number of carbonyl (C=O) groups excluding carboxylic acids is 1.